The zero-order valence-electron chi connectivity index (χ0n) is 16.0. The van der Waals surface area contributed by atoms with Crippen LogP contribution in [0.1, 0.15) is 30.0 Å². The van der Waals surface area contributed by atoms with E-state index in [4.69, 9.17) is 17.0 Å². The average molecular weight is 384 g/mol. The molecule has 2 aromatic carbocycles. The van der Waals surface area contributed by atoms with Crippen molar-refractivity contribution in [1.29, 1.82) is 0 Å². The molecule has 1 unspecified atom stereocenters. The van der Waals surface area contributed by atoms with Crippen LogP contribution < -0.4 is 15.4 Å². The van der Waals surface area contributed by atoms with Crippen LogP contribution >= 0.6 is 12.2 Å². The highest BCUT2D eigenvalue weighted by Gasteiger charge is 2.25. The molecule has 27 heavy (non-hydrogen) atoms. The lowest BCUT2D eigenvalue weighted by molar-refractivity contribution is 0.239. The van der Waals surface area contributed by atoms with E-state index in [0.29, 0.717) is 5.11 Å². The number of methoxy groups -OCH3 is 1. The Bertz CT molecular complexity index is 717. The number of nitrogens with one attached hydrogen (secondary N) is 2. The van der Waals surface area contributed by atoms with E-state index in [0.717, 1.165) is 38.3 Å². The third kappa shape index (κ3) is 5.68. The predicted molar refractivity (Wildman–Crippen MR) is 115 cm³/mol. The summed E-state index contributed by atoms with van der Waals surface area (Å²) in [6.45, 7) is 3.85. The van der Waals surface area contributed by atoms with Crippen LogP contribution in [0, 0.1) is 0 Å². The Hall–Kier alpha value is -2.11. The van der Waals surface area contributed by atoms with Gasteiger partial charge in [0.25, 0.3) is 0 Å². The number of nitrogens with zero attached hydrogens (tertiary/aromatic N) is 1. The van der Waals surface area contributed by atoms with Gasteiger partial charge in [0.1, 0.15) is 5.75 Å². The first-order chi connectivity index (χ1) is 13.3. The number of thiocarbonyl (C=S) groups is 1. The summed E-state index contributed by atoms with van der Waals surface area (Å²) < 4.78 is 5.60. The zero-order valence-corrected chi connectivity index (χ0v) is 16.8. The molecule has 0 radical (unpaired) electrons. The Morgan fingerprint density at radius 3 is 2.48 bits per heavy atom. The van der Waals surface area contributed by atoms with Gasteiger partial charge in [-0.2, -0.15) is 0 Å². The van der Waals surface area contributed by atoms with Crippen LogP contribution in [0.4, 0.5) is 0 Å². The Labute approximate surface area is 167 Å². The van der Waals surface area contributed by atoms with E-state index in [1.54, 1.807) is 7.11 Å². The van der Waals surface area contributed by atoms with Gasteiger partial charge in [-0.05, 0) is 56.2 Å². The molecule has 0 aliphatic carbocycles. The van der Waals surface area contributed by atoms with Crippen LogP contribution in [0.2, 0.25) is 0 Å². The Balaban J connectivity index is 1.55. The van der Waals surface area contributed by atoms with Crippen molar-refractivity contribution in [2.24, 2.45) is 0 Å². The molecule has 1 aliphatic heterocycles. The Morgan fingerprint density at radius 2 is 1.74 bits per heavy atom. The Kier molecular flexibility index (Phi) is 7.48. The maximum absolute atomic E-state index is 5.60. The summed E-state index contributed by atoms with van der Waals surface area (Å²) in [4.78, 5) is 2.53. The van der Waals surface area contributed by atoms with Gasteiger partial charge in [-0.15, -0.1) is 0 Å². The highest BCUT2D eigenvalue weighted by molar-refractivity contribution is 7.80. The Morgan fingerprint density at radius 1 is 1.04 bits per heavy atom. The van der Waals surface area contributed by atoms with E-state index < -0.39 is 0 Å². The van der Waals surface area contributed by atoms with Crippen molar-refractivity contribution in [1.82, 2.24) is 15.5 Å². The molecule has 5 heteroatoms. The molecule has 3 rings (SSSR count). The standard InChI is InChI=1S/C22H29N3OS/c1-26-21-12-6-5-11-19(21)20(25-15-7-8-16-25)17-24-22(27)23-14-13-18-9-3-2-4-10-18/h2-6,9-12,20H,7-8,13-17H2,1H3,(H2,23,24,27). The second kappa shape index (κ2) is 10.3. The molecular weight excluding hydrogens is 354 g/mol. The summed E-state index contributed by atoms with van der Waals surface area (Å²) in [6, 6.07) is 19.0. The maximum Gasteiger partial charge on any atom is 0.166 e. The lowest BCUT2D eigenvalue weighted by Crippen LogP contribution is -2.42. The lowest BCUT2D eigenvalue weighted by atomic mass is 10.0. The molecule has 2 aromatic rings. The van der Waals surface area contributed by atoms with Gasteiger partial charge in [0.2, 0.25) is 0 Å². The minimum Gasteiger partial charge on any atom is -0.496 e. The fourth-order valence-electron chi connectivity index (χ4n) is 3.65. The van der Waals surface area contributed by atoms with Crippen molar-refractivity contribution in [3.8, 4) is 5.75 Å². The van der Waals surface area contributed by atoms with Gasteiger partial charge in [0, 0.05) is 18.7 Å². The van der Waals surface area contributed by atoms with Gasteiger partial charge in [-0.1, -0.05) is 48.5 Å². The van der Waals surface area contributed by atoms with Crippen LogP contribution in [0.25, 0.3) is 0 Å². The number of ether oxygens (including phenoxy) is 1. The number of rotatable bonds is 8. The molecule has 144 valence electrons. The SMILES string of the molecule is COc1ccccc1C(CNC(=S)NCCc1ccccc1)N1CCCC1. The highest BCUT2D eigenvalue weighted by Crippen LogP contribution is 2.31. The van der Waals surface area contributed by atoms with E-state index in [-0.39, 0.29) is 6.04 Å². The third-order valence-corrected chi connectivity index (χ3v) is 5.37. The van der Waals surface area contributed by atoms with Crippen molar-refractivity contribution in [2.45, 2.75) is 25.3 Å². The number of para-hydroxylation sites is 1. The molecule has 0 amide bonds. The van der Waals surface area contributed by atoms with Crippen LogP contribution in [0.3, 0.4) is 0 Å². The molecule has 0 spiro atoms. The van der Waals surface area contributed by atoms with Gasteiger partial charge in [-0.3, -0.25) is 4.90 Å². The summed E-state index contributed by atoms with van der Waals surface area (Å²) in [6.07, 6.45) is 3.47. The average Bonchev–Trinajstić information content (AvgIpc) is 3.24. The van der Waals surface area contributed by atoms with Crippen molar-refractivity contribution in [3.05, 3.63) is 65.7 Å². The number of benzene rings is 2. The molecule has 0 aromatic heterocycles. The summed E-state index contributed by atoms with van der Waals surface area (Å²) in [5.41, 5.74) is 2.54. The van der Waals surface area contributed by atoms with Crippen molar-refractivity contribution >= 4 is 17.3 Å². The van der Waals surface area contributed by atoms with E-state index >= 15 is 0 Å². The molecule has 0 bridgehead atoms. The lowest BCUT2D eigenvalue weighted by Gasteiger charge is -2.29. The van der Waals surface area contributed by atoms with E-state index in [1.807, 2.05) is 18.2 Å². The summed E-state index contributed by atoms with van der Waals surface area (Å²) >= 11 is 5.50. The van der Waals surface area contributed by atoms with Crippen molar-refractivity contribution in [2.75, 3.05) is 33.3 Å². The number of hydrogen-bond acceptors (Lipinski definition) is 3. The smallest absolute Gasteiger partial charge is 0.166 e. The van der Waals surface area contributed by atoms with Crippen LogP contribution in [-0.2, 0) is 6.42 Å². The first kappa shape index (κ1) is 19.6. The molecule has 0 saturated carbocycles. The van der Waals surface area contributed by atoms with Gasteiger partial charge in [-0.25, -0.2) is 0 Å². The first-order valence-electron chi connectivity index (χ1n) is 9.70. The van der Waals surface area contributed by atoms with Gasteiger partial charge < -0.3 is 15.4 Å². The molecule has 1 aliphatic rings. The molecule has 1 heterocycles. The normalized spacial score (nSPS) is 15.3. The van der Waals surface area contributed by atoms with E-state index in [2.05, 4.69) is 51.9 Å². The zero-order chi connectivity index (χ0) is 18.9. The topological polar surface area (TPSA) is 36.5 Å². The second-order valence-corrected chi connectivity index (χ2v) is 7.28. The summed E-state index contributed by atoms with van der Waals surface area (Å²) in [7, 11) is 1.74. The van der Waals surface area contributed by atoms with Crippen LogP contribution in [0.15, 0.2) is 54.6 Å². The van der Waals surface area contributed by atoms with Crippen molar-refractivity contribution < 1.29 is 4.74 Å². The van der Waals surface area contributed by atoms with E-state index in [1.165, 1.54) is 24.0 Å². The monoisotopic (exact) mass is 383 g/mol. The first-order valence-corrected chi connectivity index (χ1v) is 10.1. The minimum atomic E-state index is 0.262. The molecule has 1 fully saturated rings. The molecule has 2 N–H and O–H groups in total. The molecular formula is C22H29N3OS. The molecule has 1 atom stereocenters. The molecule has 4 nitrogen and oxygen atoms in total. The van der Waals surface area contributed by atoms with Crippen molar-refractivity contribution in [3.63, 3.8) is 0 Å². The predicted octanol–water partition coefficient (Wildman–Crippen LogP) is 3.54. The number of hydrogen-bond donors (Lipinski definition) is 2. The van der Waals surface area contributed by atoms with Crippen LogP contribution in [0.5, 0.6) is 5.75 Å². The second-order valence-electron chi connectivity index (χ2n) is 6.87. The summed E-state index contributed by atoms with van der Waals surface area (Å²) in [5, 5.41) is 7.46. The van der Waals surface area contributed by atoms with Gasteiger partial charge in [0.15, 0.2) is 5.11 Å². The minimum absolute atomic E-state index is 0.262. The van der Waals surface area contributed by atoms with Crippen LogP contribution in [-0.4, -0.2) is 43.3 Å². The molecule has 1 saturated heterocycles. The van der Waals surface area contributed by atoms with Gasteiger partial charge in [0.05, 0.1) is 13.2 Å². The maximum atomic E-state index is 5.60. The summed E-state index contributed by atoms with van der Waals surface area (Å²) in [5.74, 6) is 0.944. The third-order valence-electron chi connectivity index (χ3n) is 5.08. The number of likely N-dealkylation sites (tertiary alicyclic amines) is 1. The fourth-order valence-corrected chi connectivity index (χ4v) is 3.83. The van der Waals surface area contributed by atoms with E-state index in [9.17, 15) is 0 Å². The van der Waals surface area contributed by atoms with Gasteiger partial charge >= 0.3 is 0 Å². The quantitative estimate of drug-likeness (QED) is 0.682. The largest absolute Gasteiger partial charge is 0.496 e. The fraction of sp³-hybridized carbons (Fsp3) is 0.409. The highest BCUT2D eigenvalue weighted by atomic mass is 32.1.